The van der Waals surface area contributed by atoms with E-state index in [2.05, 4.69) is 5.32 Å². The third-order valence-corrected chi connectivity index (χ3v) is 5.22. The quantitative estimate of drug-likeness (QED) is 0.443. The van der Waals surface area contributed by atoms with E-state index in [4.69, 9.17) is 21.8 Å². The molecular weight excluding hydrogens is 396 g/mol. The van der Waals surface area contributed by atoms with Crippen LogP contribution >= 0.6 is 11.6 Å². The van der Waals surface area contributed by atoms with E-state index >= 15 is 0 Å². The molecular formula is C24H23ClN4O. The van der Waals surface area contributed by atoms with Crippen LogP contribution in [0.4, 0.5) is 0 Å². The van der Waals surface area contributed by atoms with Crippen LogP contribution in [0.2, 0.25) is 5.02 Å². The van der Waals surface area contributed by atoms with Crippen LogP contribution < -0.4 is 5.32 Å². The van der Waals surface area contributed by atoms with E-state index in [1.165, 1.54) is 0 Å². The Balaban J connectivity index is 1.52. The molecule has 0 saturated heterocycles. The highest BCUT2D eigenvalue weighted by Gasteiger charge is 2.15. The first-order chi connectivity index (χ1) is 14.7. The van der Waals surface area contributed by atoms with E-state index in [9.17, 15) is 5.11 Å². The number of nitrogens with zero attached hydrogens (tertiary/aromatic N) is 3. The summed E-state index contributed by atoms with van der Waals surface area (Å²) in [7, 11) is 0. The molecule has 0 radical (unpaired) electrons. The molecule has 6 heteroatoms. The molecule has 0 aliphatic rings. The van der Waals surface area contributed by atoms with Crippen molar-refractivity contribution in [3.8, 4) is 11.3 Å². The van der Waals surface area contributed by atoms with Crippen LogP contribution in [-0.2, 0) is 13.1 Å². The lowest BCUT2D eigenvalue weighted by molar-refractivity contribution is 0.174. The van der Waals surface area contributed by atoms with Crippen molar-refractivity contribution in [2.24, 2.45) is 0 Å². The second-order valence-corrected chi connectivity index (χ2v) is 7.45. The zero-order chi connectivity index (χ0) is 20.8. The Morgan fingerprint density at radius 2 is 1.53 bits per heavy atom. The Morgan fingerprint density at radius 1 is 0.867 bits per heavy atom. The van der Waals surface area contributed by atoms with Crippen molar-refractivity contribution >= 4 is 11.6 Å². The van der Waals surface area contributed by atoms with Gasteiger partial charge in [0.2, 0.25) is 0 Å². The first kappa shape index (κ1) is 20.3. The number of nitrogens with one attached hydrogen (secondary N) is 1. The third-order valence-electron chi connectivity index (χ3n) is 4.86. The van der Waals surface area contributed by atoms with Gasteiger partial charge >= 0.3 is 0 Å². The van der Waals surface area contributed by atoms with E-state index in [0.29, 0.717) is 24.7 Å². The molecule has 0 aliphatic heterocycles. The van der Waals surface area contributed by atoms with Crippen LogP contribution in [-0.4, -0.2) is 26.6 Å². The predicted molar refractivity (Wildman–Crippen MR) is 119 cm³/mol. The number of benzene rings is 3. The highest BCUT2D eigenvalue weighted by Crippen LogP contribution is 2.22. The van der Waals surface area contributed by atoms with Crippen LogP contribution in [0.1, 0.15) is 22.9 Å². The van der Waals surface area contributed by atoms with Gasteiger partial charge in [-0.05, 0) is 17.2 Å². The lowest BCUT2D eigenvalue weighted by atomic mass is 10.1. The minimum absolute atomic E-state index is 0.426. The van der Waals surface area contributed by atoms with Gasteiger partial charge in [0.15, 0.2) is 0 Å². The molecule has 4 aromatic rings. The van der Waals surface area contributed by atoms with E-state index in [-0.39, 0.29) is 0 Å². The van der Waals surface area contributed by atoms with E-state index in [0.717, 1.165) is 28.1 Å². The van der Waals surface area contributed by atoms with Crippen molar-refractivity contribution in [2.75, 3.05) is 6.54 Å². The summed E-state index contributed by atoms with van der Waals surface area (Å²) in [6.07, 6.45) is -0.579. The Hall–Kier alpha value is -2.99. The van der Waals surface area contributed by atoms with Crippen molar-refractivity contribution in [3.63, 3.8) is 0 Å². The van der Waals surface area contributed by atoms with Crippen LogP contribution in [0.3, 0.4) is 0 Å². The Kier molecular flexibility index (Phi) is 6.54. The number of hydrogen-bond donors (Lipinski definition) is 2. The number of rotatable bonds is 8. The molecule has 0 aliphatic carbocycles. The average molecular weight is 419 g/mol. The molecule has 2 N–H and O–H groups in total. The molecule has 1 atom stereocenters. The lowest BCUT2D eigenvalue weighted by Crippen LogP contribution is -2.21. The van der Waals surface area contributed by atoms with Crippen molar-refractivity contribution < 1.29 is 5.11 Å². The minimum Gasteiger partial charge on any atom is -0.387 e. The van der Waals surface area contributed by atoms with Crippen molar-refractivity contribution in [2.45, 2.75) is 19.2 Å². The normalized spacial score (nSPS) is 12.1. The fourth-order valence-electron chi connectivity index (χ4n) is 3.29. The highest BCUT2D eigenvalue weighted by molar-refractivity contribution is 6.31. The van der Waals surface area contributed by atoms with Gasteiger partial charge in [0.05, 0.1) is 12.6 Å². The number of hydrogen-bond acceptors (Lipinski definition) is 4. The van der Waals surface area contributed by atoms with Crippen molar-refractivity contribution in [3.05, 3.63) is 107 Å². The van der Waals surface area contributed by atoms with E-state index in [1.807, 2.05) is 84.9 Å². The Morgan fingerprint density at radius 3 is 2.27 bits per heavy atom. The maximum Gasteiger partial charge on any atom is 0.117 e. The number of halogens is 1. The monoisotopic (exact) mass is 418 g/mol. The average Bonchev–Trinajstić information content (AvgIpc) is 3.19. The third kappa shape index (κ3) is 4.94. The molecule has 3 aromatic carbocycles. The summed E-state index contributed by atoms with van der Waals surface area (Å²) < 4.78 is 0. The van der Waals surface area contributed by atoms with Crippen LogP contribution in [0.15, 0.2) is 84.9 Å². The molecule has 1 aromatic heterocycles. The van der Waals surface area contributed by atoms with Gasteiger partial charge in [-0.2, -0.15) is 15.0 Å². The van der Waals surface area contributed by atoms with Crippen molar-refractivity contribution in [1.29, 1.82) is 0 Å². The van der Waals surface area contributed by atoms with Crippen LogP contribution in [0, 0.1) is 0 Å². The van der Waals surface area contributed by atoms with Gasteiger partial charge in [-0.3, -0.25) is 0 Å². The Bertz CT molecular complexity index is 1080. The second kappa shape index (κ2) is 9.67. The molecule has 0 spiro atoms. The van der Waals surface area contributed by atoms with Crippen LogP contribution in [0.5, 0.6) is 0 Å². The summed E-state index contributed by atoms with van der Waals surface area (Å²) in [6, 6.07) is 27.3. The molecule has 0 unspecified atom stereocenters. The molecule has 4 rings (SSSR count). The minimum atomic E-state index is -0.579. The fraction of sp³-hybridized carbons (Fsp3) is 0.167. The molecule has 0 saturated carbocycles. The van der Waals surface area contributed by atoms with Crippen LogP contribution in [0.25, 0.3) is 11.3 Å². The van der Waals surface area contributed by atoms with E-state index < -0.39 is 6.10 Å². The van der Waals surface area contributed by atoms with Crippen molar-refractivity contribution in [1.82, 2.24) is 20.3 Å². The summed E-state index contributed by atoms with van der Waals surface area (Å²) in [5.41, 5.74) is 4.50. The number of aliphatic hydroxyl groups is 1. The zero-order valence-electron chi connectivity index (χ0n) is 16.4. The maximum absolute atomic E-state index is 10.4. The van der Waals surface area contributed by atoms with Gasteiger partial charge in [-0.1, -0.05) is 90.5 Å². The molecule has 5 nitrogen and oxygen atoms in total. The molecule has 0 fully saturated rings. The molecule has 0 bridgehead atoms. The standard InChI is InChI=1S/C24H23ClN4O/c25-21-14-8-7-13-20(21)17-29-27-22(24(28-29)19-11-5-2-6-12-19)15-26-16-23(30)18-9-3-1-4-10-18/h1-14,23,26,30H,15-17H2/t23-/m1/s1. The summed E-state index contributed by atoms with van der Waals surface area (Å²) in [5, 5.41) is 23.8. The molecule has 0 amide bonds. The molecule has 1 heterocycles. The summed E-state index contributed by atoms with van der Waals surface area (Å²) >= 11 is 6.31. The molecule has 30 heavy (non-hydrogen) atoms. The largest absolute Gasteiger partial charge is 0.387 e. The summed E-state index contributed by atoms with van der Waals surface area (Å²) in [6.45, 7) is 1.42. The second-order valence-electron chi connectivity index (χ2n) is 7.04. The van der Waals surface area contributed by atoms with Gasteiger partial charge in [0.1, 0.15) is 11.4 Å². The fourth-order valence-corrected chi connectivity index (χ4v) is 3.49. The topological polar surface area (TPSA) is 63.0 Å². The first-order valence-electron chi connectivity index (χ1n) is 9.87. The number of aliphatic hydroxyl groups excluding tert-OH is 1. The van der Waals surface area contributed by atoms with Gasteiger partial charge in [-0.15, -0.1) is 0 Å². The van der Waals surface area contributed by atoms with Gasteiger partial charge < -0.3 is 10.4 Å². The summed E-state index contributed by atoms with van der Waals surface area (Å²) in [4.78, 5) is 1.67. The van der Waals surface area contributed by atoms with Gasteiger partial charge in [0, 0.05) is 23.7 Å². The predicted octanol–water partition coefficient (Wildman–Crippen LogP) is 4.47. The van der Waals surface area contributed by atoms with Gasteiger partial charge in [-0.25, -0.2) is 0 Å². The number of aromatic nitrogens is 3. The highest BCUT2D eigenvalue weighted by atomic mass is 35.5. The first-order valence-corrected chi connectivity index (χ1v) is 10.2. The maximum atomic E-state index is 10.4. The smallest absolute Gasteiger partial charge is 0.117 e. The summed E-state index contributed by atoms with van der Waals surface area (Å²) in [5.74, 6) is 0. The zero-order valence-corrected chi connectivity index (χ0v) is 17.2. The lowest BCUT2D eigenvalue weighted by Gasteiger charge is -2.11. The SMILES string of the molecule is O[C@H](CNCc1nn(Cc2ccccc2Cl)nc1-c1ccccc1)c1ccccc1. The van der Waals surface area contributed by atoms with E-state index in [1.54, 1.807) is 4.80 Å². The molecule has 152 valence electrons. The van der Waals surface area contributed by atoms with Gasteiger partial charge in [0.25, 0.3) is 0 Å². The Labute approximate surface area is 181 Å².